The highest BCUT2D eigenvalue weighted by atomic mass is 16.1. The Morgan fingerprint density at radius 3 is 1.77 bits per heavy atom. The minimum Gasteiger partial charge on any atom is -0.464 e. The minimum atomic E-state index is 0.0278. The van der Waals surface area contributed by atoms with Gasteiger partial charge in [0.15, 0.2) is 12.6 Å². The summed E-state index contributed by atoms with van der Waals surface area (Å²) < 4.78 is 0. The van der Waals surface area contributed by atoms with Crippen LogP contribution in [0.15, 0.2) is 0 Å². The van der Waals surface area contributed by atoms with Gasteiger partial charge in [0.1, 0.15) is 12.6 Å². The molecule has 0 aromatic heterocycles. The van der Waals surface area contributed by atoms with Crippen LogP contribution >= 0.6 is 0 Å². The van der Waals surface area contributed by atoms with Gasteiger partial charge in [-0.05, 0) is 6.92 Å². The molecule has 2 unspecified atom stereocenters. The van der Waals surface area contributed by atoms with Crippen LogP contribution in [0.4, 0.5) is 0 Å². The van der Waals surface area contributed by atoms with Gasteiger partial charge >= 0.3 is 0 Å². The predicted octanol–water partition coefficient (Wildman–Crippen LogP) is -2.63. The third-order valence-electron chi connectivity index (χ3n) is 1.41. The van der Waals surface area contributed by atoms with Crippen molar-refractivity contribution >= 4 is 12.6 Å². The van der Waals surface area contributed by atoms with Crippen LogP contribution in [0.25, 0.3) is 0 Å². The Morgan fingerprint density at radius 2 is 1.77 bits per heavy atom. The zero-order chi connectivity index (χ0) is 10.9. The second-order valence-electron chi connectivity index (χ2n) is 3.10. The number of aldehydes is 2. The van der Waals surface area contributed by atoms with Crippen LogP contribution in [0, 0.1) is 14.1 Å². The first-order chi connectivity index (χ1) is 5.95. The number of rotatable bonds is 4. The molecule has 3 atom stereocenters. The molecule has 0 rings (SSSR count). The molecule has 13 heavy (non-hydrogen) atoms. The fraction of sp³-hybridized carbons (Fsp3) is 0.556. The third-order valence-corrected chi connectivity index (χ3v) is 1.41. The number of carbonyl (C=O) groups is 2. The molecule has 78 valence electrons. The van der Waals surface area contributed by atoms with Crippen molar-refractivity contribution in [3.8, 4) is 0 Å². The lowest BCUT2D eigenvalue weighted by Crippen LogP contribution is -3.07. The Bertz CT molecular complexity index is 136. The molecule has 0 aromatic carbocycles. The van der Waals surface area contributed by atoms with E-state index in [4.69, 9.17) is 0 Å². The molecule has 4 nitrogen and oxygen atoms in total. The number of carbonyl (C=O) groups excluding carboxylic acids is 2. The van der Waals surface area contributed by atoms with Crippen molar-refractivity contribution in [3.05, 3.63) is 14.1 Å². The van der Waals surface area contributed by atoms with E-state index in [2.05, 4.69) is 14.1 Å². The molecule has 0 bridgehead atoms. The van der Waals surface area contributed by atoms with Crippen LogP contribution in [0.1, 0.15) is 6.92 Å². The maximum atomic E-state index is 9.89. The quantitative estimate of drug-likeness (QED) is 0.374. The lowest BCUT2D eigenvalue weighted by molar-refractivity contribution is -0.846. The van der Waals surface area contributed by atoms with E-state index in [-0.39, 0.29) is 6.04 Å². The van der Waals surface area contributed by atoms with Gasteiger partial charge in [0.2, 0.25) is 0 Å². The van der Waals surface area contributed by atoms with Crippen molar-refractivity contribution in [2.45, 2.75) is 13.0 Å². The van der Waals surface area contributed by atoms with Crippen molar-refractivity contribution < 1.29 is 19.4 Å². The van der Waals surface area contributed by atoms with E-state index in [0.717, 1.165) is 22.4 Å². The molecule has 4 heteroatoms. The van der Waals surface area contributed by atoms with Gasteiger partial charge in [-0.25, -0.2) is 0 Å². The lowest BCUT2D eigenvalue weighted by Gasteiger charge is -2.16. The molecule has 0 aromatic rings. The second-order valence-corrected chi connectivity index (χ2v) is 3.10. The zero-order valence-corrected chi connectivity index (χ0v) is 8.67. The van der Waals surface area contributed by atoms with Gasteiger partial charge in [0.25, 0.3) is 0 Å². The van der Waals surface area contributed by atoms with Crippen molar-refractivity contribution in [2.24, 2.45) is 0 Å². The van der Waals surface area contributed by atoms with Gasteiger partial charge in [-0.1, -0.05) is 0 Å². The first kappa shape index (κ1) is 14.8. The van der Waals surface area contributed by atoms with Crippen molar-refractivity contribution in [2.75, 3.05) is 20.6 Å². The monoisotopic (exact) mass is 188 g/mol. The summed E-state index contributed by atoms with van der Waals surface area (Å²) in [6, 6.07) is 0.0278. The highest BCUT2D eigenvalue weighted by molar-refractivity contribution is 5.54. The highest BCUT2D eigenvalue weighted by Gasteiger charge is 1.96. The topological polar surface area (TPSA) is 43.0 Å². The summed E-state index contributed by atoms with van der Waals surface area (Å²) in [6.07, 6.45) is 1.74. The van der Waals surface area contributed by atoms with E-state index in [0.29, 0.717) is 6.54 Å². The van der Waals surface area contributed by atoms with Crippen molar-refractivity contribution in [1.29, 1.82) is 0 Å². The zero-order valence-electron chi connectivity index (χ0n) is 8.67. The van der Waals surface area contributed by atoms with Crippen LogP contribution < -0.4 is 9.80 Å². The molecular weight excluding hydrogens is 168 g/mol. The smallest absolute Gasteiger partial charge is 0.174 e. The number of quaternary nitrogens is 2. The number of hydrogen-bond donors (Lipinski definition) is 2. The van der Waals surface area contributed by atoms with Crippen molar-refractivity contribution in [3.63, 3.8) is 0 Å². The first-order valence-corrected chi connectivity index (χ1v) is 4.14. The molecule has 0 aliphatic carbocycles. The summed E-state index contributed by atoms with van der Waals surface area (Å²) in [5, 5.41) is 0. The average molecular weight is 188 g/mol. The number of likely N-dealkylation sites (N-methyl/N-ethyl adjacent to an activating group) is 2. The predicted molar refractivity (Wildman–Crippen MR) is 50.9 cm³/mol. The van der Waals surface area contributed by atoms with Gasteiger partial charge in [-0.3, -0.25) is 9.59 Å². The van der Waals surface area contributed by atoms with E-state index >= 15 is 0 Å². The highest BCUT2D eigenvalue weighted by Crippen LogP contribution is 1.58. The Morgan fingerprint density at radius 1 is 1.31 bits per heavy atom. The lowest BCUT2D eigenvalue weighted by atomic mass is 10.4. The Kier molecular flexibility index (Phi) is 10.6. The van der Waals surface area contributed by atoms with E-state index < -0.39 is 0 Å². The molecule has 2 N–H and O–H groups in total. The summed E-state index contributed by atoms with van der Waals surface area (Å²) in [5.41, 5.74) is 0. The third kappa shape index (κ3) is 14.2. The van der Waals surface area contributed by atoms with E-state index in [1.807, 2.05) is 21.0 Å². The van der Waals surface area contributed by atoms with E-state index in [1.54, 1.807) is 0 Å². The SMILES string of the molecule is [CH2-][NH+](C)CC=O.[CH2-][NH+](C)[C@@H](C)C=O. The molecule has 0 aliphatic heterocycles. The van der Waals surface area contributed by atoms with Gasteiger partial charge < -0.3 is 9.80 Å². The van der Waals surface area contributed by atoms with Crippen molar-refractivity contribution in [1.82, 2.24) is 0 Å². The van der Waals surface area contributed by atoms with E-state index in [1.165, 1.54) is 0 Å². The van der Waals surface area contributed by atoms with Crippen LogP contribution in [-0.2, 0) is 9.59 Å². The van der Waals surface area contributed by atoms with Gasteiger partial charge in [0.05, 0.1) is 0 Å². The molecule has 0 heterocycles. The fourth-order valence-corrected chi connectivity index (χ4v) is 0.258. The standard InChI is InChI=1S/C5H11NO.C4H9NO/c1-5(4-7)6(2)3;1-5(2)3-4-6/h4-6H,2H2,1,3H3;4-5H,1,3H2,2H3/t5-;/m0./s1. The molecule has 0 spiro atoms. The molecular formula is C9H20N2O2. The van der Waals surface area contributed by atoms with Gasteiger partial charge in [0, 0.05) is 14.1 Å². The number of hydrogen-bond acceptors (Lipinski definition) is 2. The van der Waals surface area contributed by atoms with Gasteiger partial charge in [-0.15, -0.1) is 0 Å². The fourth-order valence-electron chi connectivity index (χ4n) is 0.258. The molecule has 0 saturated heterocycles. The summed E-state index contributed by atoms with van der Waals surface area (Å²) in [4.78, 5) is 21.3. The van der Waals surface area contributed by atoms with Crippen LogP contribution in [0.3, 0.4) is 0 Å². The summed E-state index contributed by atoms with van der Waals surface area (Å²) in [5.74, 6) is 0. The maximum Gasteiger partial charge on any atom is 0.174 e. The molecule has 0 radical (unpaired) electrons. The van der Waals surface area contributed by atoms with Crippen LogP contribution in [0.5, 0.6) is 0 Å². The normalized spacial score (nSPS) is 16.1. The Labute approximate surface area is 80.5 Å². The van der Waals surface area contributed by atoms with Crippen LogP contribution in [-0.4, -0.2) is 39.3 Å². The molecule has 0 amide bonds. The maximum absolute atomic E-state index is 9.89. The second kappa shape index (κ2) is 9.35. The van der Waals surface area contributed by atoms with Gasteiger partial charge in [-0.2, -0.15) is 14.1 Å². The minimum absolute atomic E-state index is 0.0278. The first-order valence-electron chi connectivity index (χ1n) is 4.14. The Hall–Kier alpha value is -0.740. The summed E-state index contributed by atoms with van der Waals surface area (Å²) >= 11 is 0. The molecule has 0 fully saturated rings. The van der Waals surface area contributed by atoms with E-state index in [9.17, 15) is 9.59 Å². The summed E-state index contributed by atoms with van der Waals surface area (Å²) in [6.45, 7) is 2.33. The Balaban J connectivity index is 0. The largest absolute Gasteiger partial charge is 0.464 e. The summed E-state index contributed by atoms with van der Waals surface area (Å²) in [7, 11) is 10.8. The molecule has 0 saturated carbocycles. The van der Waals surface area contributed by atoms with Crippen LogP contribution in [0.2, 0.25) is 0 Å². The number of nitrogens with one attached hydrogen (secondary N) is 2. The average Bonchev–Trinajstić information content (AvgIpc) is 2.03. The molecule has 0 aliphatic rings.